The Morgan fingerprint density at radius 2 is 1.93 bits per heavy atom. The van der Waals surface area contributed by atoms with Gasteiger partial charge in [-0.1, -0.05) is 23.8 Å². The highest BCUT2D eigenvalue weighted by atomic mass is 32.2. The SMILES string of the molecule is Cc1ccc(-c2nnc(COC(=O)CNS(=O)(=O)c3cccc(F)c3)o2)cc1. The van der Waals surface area contributed by atoms with Gasteiger partial charge in [-0.2, -0.15) is 4.72 Å². The molecule has 0 aliphatic carbocycles. The number of aryl methyl sites for hydroxylation is 1. The van der Waals surface area contributed by atoms with Crippen LogP contribution in [0.4, 0.5) is 4.39 Å². The monoisotopic (exact) mass is 405 g/mol. The molecule has 1 N–H and O–H groups in total. The summed E-state index contributed by atoms with van der Waals surface area (Å²) in [6, 6.07) is 11.8. The fraction of sp³-hybridized carbons (Fsp3) is 0.167. The molecule has 0 aliphatic rings. The molecule has 0 saturated carbocycles. The van der Waals surface area contributed by atoms with E-state index in [9.17, 15) is 17.6 Å². The van der Waals surface area contributed by atoms with Crippen LogP contribution in [0.3, 0.4) is 0 Å². The van der Waals surface area contributed by atoms with Crippen LogP contribution in [0.25, 0.3) is 11.5 Å². The molecule has 28 heavy (non-hydrogen) atoms. The van der Waals surface area contributed by atoms with Crippen molar-refractivity contribution < 1.29 is 26.8 Å². The van der Waals surface area contributed by atoms with Gasteiger partial charge in [-0.25, -0.2) is 12.8 Å². The minimum atomic E-state index is -4.04. The highest BCUT2D eigenvalue weighted by Crippen LogP contribution is 2.18. The second kappa shape index (κ2) is 8.28. The number of nitrogens with one attached hydrogen (secondary N) is 1. The van der Waals surface area contributed by atoms with Crippen molar-refractivity contribution in [2.45, 2.75) is 18.4 Å². The lowest BCUT2D eigenvalue weighted by atomic mass is 10.1. The van der Waals surface area contributed by atoms with Crippen molar-refractivity contribution in [3.05, 3.63) is 65.8 Å². The molecule has 10 heteroatoms. The first-order valence-electron chi connectivity index (χ1n) is 8.14. The topological polar surface area (TPSA) is 111 Å². The third kappa shape index (κ3) is 4.99. The van der Waals surface area contributed by atoms with E-state index < -0.39 is 28.4 Å². The number of hydrogen-bond acceptors (Lipinski definition) is 7. The Hall–Kier alpha value is -3.11. The Bertz CT molecular complexity index is 1080. The van der Waals surface area contributed by atoms with Gasteiger partial charge in [-0.3, -0.25) is 4.79 Å². The first-order valence-corrected chi connectivity index (χ1v) is 9.62. The predicted molar refractivity (Wildman–Crippen MR) is 95.9 cm³/mol. The zero-order chi connectivity index (χ0) is 20.1. The van der Waals surface area contributed by atoms with Crippen LogP contribution in [0.1, 0.15) is 11.5 Å². The molecule has 0 aliphatic heterocycles. The van der Waals surface area contributed by atoms with E-state index in [0.29, 0.717) is 0 Å². The number of nitrogens with zero attached hydrogens (tertiary/aromatic N) is 2. The first kappa shape index (κ1) is 19.6. The molecule has 0 amide bonds. The van der Waals surface area contributed by atoms with E-state index in [1.54, 1.807) is 0 Å². The number of esters is 1. The number of carbonyl (C=O) groups excluding carboxylic acids is 1. The zero-order valence-electron chi connectivity index (χ0n) is 14.8. The van der Waals surface area contributed by atoms with Gasteiger partial charge < -0.3 is 9.15 Å². The lowest BCUT2D eigenvalue weighted by molar-refractivity contribution is -0.144. The minimum Gasteiger partial charge on any atom is -0.455 e. The molecular formula is C18H16FN3O5S. The number of hydrogen-bond donors (Lipinski definition) is 1. The largest absolute Gasteiger partial charge is 0.455 e. The summed E-state index contributed by atoms with van der Waals surface area (Å²) in [5.41, 5.74) is 1.80. The first-order chi connectivity index (χ1) is 13.3. The molecule has 0 bridgehead atoms. The summed E-state index contributed by atoms with van der Waals surface area (Å²) in [6.07, 6.45) is 0. The fourth-order valence-electron chi connectivity index (χ4n) is 2.19. The molecule has 0 radical (unpaired) electrons. The molecule has 3 aromatic rings. The summed E-state index contributed by atoms with van der Waals surface area (Å²) in [5, 5.41) is 7.65. The third-order valence-corrected chi connectivity index (χ3v) is 5.03. The Morgan fingerprint density at radius 1 is 1.18 bits per heavy atom. The van der Waals surface area contributed by atoms with Gasteiger partial charge >= 0.3 is 5.97 Å². The van der Waals surface area contributed by atoms with Crippen molar-refractivity contribution >= 4 is 16.0 Å². The molecule has 146 valence electrons. The number of benzene rings is 2. The summed E-state index contributed by atoms with van der Waals surface area (Å²) < 4.78 is 49.5. The molecule has 1 aromatic heterocycles. The van der Waals surface area contributed by atoms with Gasteiger partial charge in [0.05, 0.1) is 4.90 Å². The molecule has 0 atom stereocenters. The normalized spacial score (nSPS) is 11.4. The Labute approximate surface area is 160 Å². The van der Waals surface area contributed by atoms with Crippen LogP contribution < -0.4 is 4.72 Å². The number of halogens is 1. The second-order valence-electron chi connectivity index (χ2n) is 5.81. The molecule has 1 heterocycles. The molecule has 0 saturated heterocycles. The van der Waals surface area contributed by atoms with E-state index in [-0.39, 0.29) is 23.3 Å². The smallest absolute Gasteiger partial charge is 0.321 e. The van der Waals surface area contributed by atoms with Crippen molar-refractivity contribution in [3.63, 3.8) is 0 Å². The maximum atomic E-state index is 13.1. The van der Waals surface area contributed by atoms with Gasteiger partial charge in [0, 0.05) is 5.56 Å². The average molecular weight is 405 g/mol. The summed E-state index contributed by atoms with van der Waals surface area (Å²) in [6.45, 7) is 1.02. The van der Waals surface area contributed by atoms with Crippen LogP contribution in [-0.2, 0) is 26.2 Å². The molecule has 0 spiro atoms. The maximum Gasteiger partial charge on any atom is 0.321 e. The van der Waals surface area contributed by atoms with Crippen molar-refractivity contribution in [2.75, 3.05) is 6.54 Å². The molecule has 2 aromatic carbocycles. The number of carbonyl (C=O) groups is 1. The predicted octanol–water partition coefficient (Wildman–Crippen LogP) is 2.21. The van der Waals surface area contributed by atoms with Crippen molar-refractivity contribution in [1.29, 1.82) is 0 Å². The van der Waals surface area contributed by atoms with Gasteiger partial charge in [0.25, 0.3) is 5.89 Å². The number of sulfonamides is 1. The van der Waals surface area contributed by atoms with Gasteiger partial charge in [0.2, 0.25) is 15.9 Å². The number of rotatable bonds is 7. The van der Waals surface area contributed by atoms with E-state index in [0.717, 1.165) is 23.3 Å². The maximum absolute atomic E-state index is 13.1. The standard InChI is InChI=1S/C18H16FN3O5S/c1-12-5-7-13(8-6-12)18-22-21-16(27-18)11-26-17(23)10-20-28(24,25)15-4-2-3-14(19)9-15/h2-9,20H,10-11H2,1H3. The Morgan fingerprint density at radius 3 is 2.64 bits per heavy atom. The lowest BCUT2D eigenvalue weighted by Crippen LogP contribution is -2.30. The lowest BCUT2D eigenvalue weighted by Gasteiger charge is -2.06. The summed E-state index contributed by atoms with van der Waals surface area (Å²) >= 11 is 0. The average Bonchev–Trinajstić information content (AvgIpc) is 3.14. The second-order valence-corrected chi connectivity index (χ2v) is 7.58. The van der Waals surface area contributed by atoms with Crippen molar-refractivity contribution in [1.82, 2.24) is 14.9 Å². The number of aromatic nitrogens is 2. The van der Waals surface area contributed by atoms with Crippen LogP contribution >= 0.6 is 0 Å². The summed E-state index contributed by atoms with van der Waals surface area (Å²) in [4.78, 5) is 11.5. The van der Waals surface area contributed by atoms with Crippen molar-refractivity contribution in [2.24, 2.45) is 0 Å². The summed E-state index contributed by atoms with van der Waals surface area (Å²) in [7, 11) is -4.04. The highest BCUT2D eigenvalue weighted by Gasteiger charge is 2.17. The van der Waals surface area contributed by atoms with E-state index in [1.165, 1.54) is 12.1 Å². The van der Waals surface area contributed by atoms with E-state index >= 15 is 0 Å². The number of ether oxygens (including phenoxy) is 1. The Kier molecular flexibility index (Phi) is 5.81. The van der Waals surface area contributed by atoms with Crippen LogP contribution in [0.2, 0.25) is 0 Å². The molecular weight excluding hydrogens is 389 g/mol. The molecule has 3 rings (SSSR count). The Balaban J connectivity index is 1.53. The zero-order valence-corrected chi connectivity index (χ0v) is 15.6. The summed E-state index contributed by atoms with van der Waals surface area (Å²) in [5.74, 6) is -1.21. The minimum absolute atomic E-state index is 0.0666. The van der Waals surface area contributed by atoms with E-state index in [1.807, 2.05) is 35.9 Å². The third-order valence-electron chi connectivity index (χ3n) is 3.63. The van der Waals surface area contributed by atoms with Crippen LogP contribution in [0.15, 0.2) is 57.8 Å². The molecule has 0 fully saturated rings. The van der Waals surface area contributed by atoms with Gasteiger partial charge in [0.15, 0.2) is 6.61 Å². The van der Waals surface area contributed by atoms with E-state index in [2.05, 4.69) is 10.2 Å². The van der Waals surface area contributed by atoms with Crippen LogP contribution in [-0.4, -0.2) is 31.1 Å². The molecule has 0 unspecified atom stereocenters. The van der Waals surface area contributed by atoms with Gasteiger partial charge in [-0.05, 0) is 37.3 Å². The fourth-order valence-corrected chi connectivity index (χ4v) is 3.19. The van der Waals surface area contributed by atoms with Gasteiger partial charge in [-0.15, -0.1) is 10.2 Å². The van der Waals surface area contributed by atoms with Gasteiger partial charge in [0.1, 0.15) is 12.4 Å². The molecule has 8 nitrogen and oxygen atoms in total. The highest BCUT2D eigenvalue weighted by molar-refractivity contribution is 7.89. The van der Waals surface area contributed by atoms with Crippen molar-refractivity contribution in [3.8, 4) is 11.5 Å². The van der Waals surface area contributed by atoms with E-state index in [4.69, 9.17) is 9.15 Å². The quantitative estimate of drug-likeness (QED) is 0.600. The van der Waals surface area contributed by atoms with Crippen LogP contribution in [0.5, 0.6) is 0 Å². The van der Waals surface area contributed by atoms with Crippen LogP contribution in [0, 0.1) is 12.7 Å².